The average molecular weight is 189 g/mol. The average Bonchev–Trinajstić information content (AvgIpc) is 2.60. The van der Waals surface area contributed by atoms with Gasteiger partial charge in [0.25, 0.3) is 0 Å². The van der Waals surface area contributed by atoms with Gasteiger partial charge in [0.1, 0.15) is 0 Å². The monoisotopic (exact) mass is 189 g/mol. The smallest absolute Gasteiger partial charge is 0.0940 e. The summed E-state index contributed by atoms with van der Waals surface area (Å²) in [5.74, 6) is 0. The Morgan fingerprint density at radius 2 is 2.07 bits per heavy atom. The number of pyridine rings is 1. The first-order valence-corrected chi connectivity index (χ1v) is 5.48. The summed E-state index contributed by atoms with van der Waals surface area (Å²) in [4.78, 5) is 4.15. The highest BCUT2D eigenvalue weighted by atomic mass is 16.5. The highest BCUT2D eigenvalue weighted by molar-refractivity contribution is 5.33. The first-order chi connectivity index (χ1) is 6.91. The fraction of sp³-hybridized carbons (Fsp3) is 0.583. The van der Waals surface area contributed by atoms with Gasteiger partial charge in [-0.1, -0.05) is 19.3 Å². The quantitative estimate of drug-likeness (QED) is 0.626. The zero-order valence-corrected chi connectivity index (χ0v) is 8.33. The Kier molecular flexibility index (Phi) is 1.84. The third-order valence-corrected chi connectivity index (χ3v) is 3.56. The molecular weight excluding hydrogens is 174 g/mol. The molecule has 0 aromatic carbocycles. The first-order valence-electron chi connectivity index (χ1n) is 5.48. The van der Waals surface area contributed by atoms with Gasteiger partial charge in [-0.05, 0) is 24.5 Å². The summed E-state index contributed by atoms with van der Waals surface area (Å²) in [5.41, 5.74) is 2.78. The van der Waals surface area contributed by atoms with Crippen LogP contribution in [0.5, 0.6) is 0 Å². The molecule has 1 aromatic rings. The van der Waals surface area contributed by atoms with E-state index >= 15 is 0 Å². The third kappa shape index (κ3) is 1.10. The van der Waals surface area contributed by atoms with Crippen molar-refractivity contribution in [2.45, 2.75) is 44.3 Å². The zero-order valence-electron chi connectivity index (χ0n) is 8.33. The minimum Gasteiger partial charge on any atom is -0.366 e. The van der Waals surface area contributed by atoms with Gasteiger partial charge >= 0.3 is 0 Å². The molecule has 0 unspecified atom stereocenters. The molecule has 1 aromatic heterocycles. The molecule has 74 valence electrons. The van der Waals surface area contributed by atoms with Gasteiger partial charge in [0.15, 0.2) is 0 Å². The molecule has 0 radical (unpaired) electrons. The molecule has 2 heteroatoms. The van der Waals surface area contributed by atoms with Gasteiger partial charge in [0, 0.05) is 18.0 Å². The Bertz CT molecular complexity index is 336. The molecule has 0 amide bonds. The fourth-order valence-corrected chi connectivity index (χ4v) is 2.82. The second-order valence-electron chi connectivity index (χ2n) is 4.38. The maximum absolute atomic E-state index is 6.01. The van der Waals surface area contributed by atoms with Crippen LogP contribution in [0.2, 0.25) is 0 Å². The molecule has 1 saturated carbocycles. The number of hydrogen-bond donors (Lipinski definition) is 0. The van der Waals surface area contributed by atoms with Crippen molar-refractivity contribution in [1.82, 2.24) is 4.98 Å². The maximum atomic E-state index is 6.01. The van der Waals surface area contributed by atoms with Gasteiger partial charge in [-0.15, -0.1) is 0 Å². The first kappa shape index (κ1) is 8.42. The van der Waals surface area contributed by atoms with Crippen molar-refractivity contribution in [3.05, 3.63) is 29.6 Å². The minimum absolute atomic E-state index is 0.0660. The maximum Gasteiger partial charge on any atom is 0.0940 e. The topological polar surface area (TPSA) is 22.1 Å². The molecule has 1 spiro atoms. The molecule has 0 saturated heterocycles. The summed E-state index contributed by atoms with van der Waals surface area (Å²) in [7, 11) is 0. The highest BCUT2D eigenvalue weighted by Gasteiger charge is 2.40. The van der Waals surface area contributed by atoms with E-state index in [-0.39, 0.29) is 5.60 Å². The largest absolute Gasteiger partial charge is 0.366 e. The van der Waals surface area contributed by atoms with Crippen LogP contribution in [0, 0.1) is 0 Å². The number of ether oxygens (including phenoxy) is 1. The lowest BCUT2D eigenvalue weighted by molar-refractivity contribution is -0.0637. The van der Waals surface area contributed by atoms with E-state index in [9.17, 15) is 0 Å². The predicted molar refractivity (Wildman–Crippen MR) is 53.8 cm³/mol. The molecule has 1 aliphatic carbocycles. The molecule has 14 heavy (non-hydrogen) atoms. The lowest BCUT2D eigenvalue weighted by Gasteiger charge is -2.33. The number of aromatic nitrogens is 1. The van der Waals surface area contributed by atoms with Crippen LogP contribution in [0.1, 0.15) is 43.2 Å². The van der Waals surface area contributed by atoms with E-state index in [4.69, 9.17) is 4.74 Å². The van der Waals surface area contributed by atoms with Crippen molar-refractivity contribution in [1.29, 1.82) is 0 Å². The summed E-state index contributed by atoms with van der Waals surface area (Å²) >= 11 is 0. The van der Waals surface area contributed by atoms with Crippen molar-refractivity contribution in [2.24, 2.45) is 0 Å². The highest BCUT2D eigenvalue weighted by Crippen LogP contribution is 2.46. The van der Waals surface area contributed by atoms with Gasteiger partial charge in [0.2, 0.25) is 0 Å². The van der Waals surface area contributed by atoms with Gasteiger partial charge in [-0.2, -0.15) is 0 Å². The van der Waals surface area contributed by atoms with Crippen LogP contribution >= 0.6 is 0 Å². The van der Waals surface area contributed by atoms with Crippen molar-refractivity contribution in [2.75, 3.05) is 0 Å². The molecule has 0 bridgehead atoms. The van der Waals surface area contributed by atoms with E-state index in [1.165, 1.54) is 43.2 Å². The van der Waals surface area contributed by atoms with Crippen LogP contribution in [0.4, 0.5) is 0 Å². The van der Waals surface area contributed by atoms with Gasteiger partial charge in [-0.25, -0.2) is 0 Å². The molecular formula is C12H15NO. The van der Waals surface area contributed by atoms with Crippen molar-refractivity contribution in [3.63, 3.8) is 0 Å². The Balaban J connectivity index is 2.03. The van der Waals surface area contributed by atoms with Crippen molar-refractivity contribution in [3.8, 4) is 0 Å². The van der Waals surface area contributed by atoms with Crippen LogP contribution in [-0.4, -0.2) is 4.98 Å². The normalized spacial score (nSPS) is 23.7. The number of hydrogen-bond acceptors (Lipinski definition) is 2. The Morgan fingerprint density at radius 3 is 2.93 bits per heavy atom. The minimum atomic E-state index is 0.0660. The van der Waals surface area contributed by atoms with Gasteiger partial charge in [0.05, 0.1) is 12.2 Å². The van der Waals surface area contributed by atoms with Crippen LogP contribution in [0.25, 0.3) is 0 Å². The summed E-state index contributed by atoms with van der Waals surface area (Å²) in [6, 6.07) is 2.15. The molecule has 3 rings (SSSR count). The number of rotatable bonds is 0. The lowest BCUT2D eigenvalue weighted by Crippen LogP contribution is -2.27. The second-order valence-corrected chi connectivity index (χ2v) is 4.38. The predicted octanol–water partition coefficient (Wildman–Crippen LogP) is 2.77. The Hall–Kier alpha value is -0.890. The second kappa shape index (κ2) is 3.06. The fourth-order valence-electron chi connectivity index (χ4n) is 2.82. The Morgan fingerprint density at radius 1 is 1.21 bits per heavy atom. The van der Waals surface area contributed by atoms with E-state index in [0.29, 0.717) is 0 Å². The molecule has 1 fully saturated rings. The van der Waals surface area contributed by atoms with Gasteiger partial charge in [-0.3, -0.25) is 4.98 Å². The molecule has 0 N–H and O–H groups in total. The zero-order chi connectivity index (χ0) is 9.43. The van der Waals surface area contributed by atoms with Crippen LogP contribution in [-0.2, 0) is 16.9 Å². The number of nitrogens with zero attached hydrogens (tertiary/aromatic N) is 1. The third-order valence-electron chi connectivity index (χ3n) is 3.56. The van der Waals surface area contributed by atoms with Crippen LogP contribution < -0.4 is 0 Å². The van der Waals surface area contributed by atoms with Crippen molar-refractivity contribution >= 4 is 0 Å². The molecule has 0 atom stereocenters. The van der Waals surface area contributed by atoms with Crippen LogP contribution in [0.15, 0.2) is 18.5 Å². The van der Waals surface area contributed by atoms with E-state index in [2.05, 4.69) is 11.1 Å². The summed E-state index contributed by atoms with van der Waals surface area (Å²) < 4.78 is 6.01. The van der Waals surface area contributed by atoms with Crippen LogP contribution in [0.3, 0.4) is 0 Å². The summed E-state index contributed by atoms with van der Waals surface area (Å²) in [6.07, 6.45) is 10.2. The standard InChI is InChI=1S/C12H15NO/c1-2-5-12(6-3-1)11-4-7-13-8-10(11)9-14-12/h4,7-8H,1-3,5-6,9H2. The van der Waals surface area contributed by atoms with Gasteiger partial charge < -0.3 is 4.74 Å². The van der Waals surface area contributed by atoms with E-state index < -0.39 is 0 Å². The van der Waals surface area contributed by atoms with Crippen molar-refractivity contribution < 1.29 is 4.74 Å². The van der Waals surface area contributed by atoms with E-state index in [1.54, 1.807) is 0 Å². The van der Waals surface area contributed by atoms with E-state index in [1.807, 2.05) is 12.4 Å². The summed E-state index contributed by atoms with van der Waals surface area (Å²) in [6.45, 7) is 0.767. The number of fused-ring (bicyclic) bond motifs is 2. The molecule has 1 aliphatic heterocycles. The lowest BCUT2D eigenvalue weighted by atomic mass is 9.80. The molecule has 2 nitrogen and oxygen atoms in total. The summed E-state index contributed by atoms with van der Waals surface area (Å²) in [5, 5.41) is 0. The van der Waals surface area contributed by atoms with E-state index in [0.717, 1.165) is 6.61 Å². The molecule has 2 aliphatic rings. The SMILES string of the molecule is c1cc2c(cn1)COC21CCCCC1. The Labute approximate surface area is 84.3 Å². The molecule has 2 heterocycles.